The van der Waals surface area contributed by atoms with Gasteiger partial charge in [0.25, 0.3) is 0 Å². The van der Waals surface area contributed by atoms with E-state index in [9.17, 15) is 4.79 Å². The second-order valence-corrected chi connectivity index (χ2v) is 6.82. The van der Waals surface area contributed by atoms with Gasteiger partial charge in [-0.1, -0.05) is 30.3 Å². The van der Waals surface area contributed by atoms with Gasteiger partial charge < -0.3 is 15.1 Å². The number of thioether (sulfide) groups is 1. The molecule has 0 aliphatic heterocycles. The summed E-state index contributed by atoms with van der Waals surface area (Å²) in [5, 5.41) is 6.50. The Kier molecular flexibility index (Phi) is 5.23. The van der Waals surface area contributed by atoms with Crippen molar-refractivity contribution in [3.05, 3.63) is 42.4 Å². The van der Waals surface area contributed by atoms with E-state index in [1.54, 1.807) is 6.20 Å². The summed E-state index contributed by atoms with van der Waals surface area (Å²) in [5.41, 5.74) is 0.977. The molecule has 3 rings (SSSR count). The van der Waals surface area contributed by atoms with E-state index in [1.807, 2.05) is 42.1 Å². The first kappa shape index (κ1) is 15.9. The van der Waals surface area contributed by atoms with Crippen LogP contribution in [-0.2, 0) is 6.54 Å². The van der Waals surface area contributed by atoms with Crippen LogP contribution < -0.4 is 10.6 Å². The summed E-state index contributed by atoms with van der Waals surface area (Å²) in [7, 11) is 0. The zero-order valence-corrected chi connectivity index (χ0v) is 13.9. The van der Waals surface area contributed by atoms with Gasteiger partial charge in [0.05, 0.1) is 12.7 Å². The second kappa shape index (κ2) is 7.55. The maximum absolute atomic E-state index is 11.9. The highest BCUT2D eigenvalue weighted by Crippen LogP contribution is 2.28. The molecule has 0 bridgehead atoms. The number of carbonyl (C=O) groups excluding carboxylic acids is 1. The van der Waals surface area contributed by atoms with Crippen molar-refractivity contribution < 1.29 is 9.21 Å². The van der Waals surface area contributed by atoms with Crippen LogP contribution >= 0.6 is 11.8 Å². The largest absolute Gasteiger partial charge is 0.439 e. The van der Waals surface area contributed by atoms with E-state index in [-0.39, 0.29) is 18.6 Å². The van der Waals surface area contributed by atoms with E-state index in [0.29, 0.717) is 16.9 Å². The van der Waals surface area contributed by atoms with E-state index in [4.69, 9.17) is 4.42 Å². The highest BCUT2D eigenvalue weighted by molar-refractivity contribution is 7.99. The Morgan fingerprint density at radius 1 is 1.35 bits per heavy atom. The third kappa shape index (κ3) is 4.28. The summed E-state index contributed by atoms with van der Waals surface area (Å²) >= 11 is 1.88. The van der Waals surface area contributed by atoms with Crippen LogP contribution in [0.4, 0.5) is 4.79 Å². The van der Waals surface area contributed by atoms with Crippen molar-refractivity contribution in [3.63, 3.8) is 0 Å². The molecular weight excluding hydrogens is 310 g/mol. The van der Waals surface area contributed by atoms with Crippen molar-refractivity contribution in [1.29, 1.82) is 0 Å². The summed E-state index contributed by atoms with van der Waals surface area (Å²) in [5.74, 6) is 1.22. The summed E-state index contributed by atoms with van der Waals surface area (Å²) in [6.07, 6.45) is 7.08. The fourth-order valence-corrected chi connectivity index (χ4v) is 3.60. The molecule has 1 aromatic carbocycles. The monoisotopic (exact) mass is 331 g/mol. The number of carbonyl (C=O) groups is 1. The first-order chi connectivity index (χ1) is 11.2. The third-order valence-electron chi connectivity index (χ3n) is 4.07. The summed E-state index contributed by atoms with van der Waals surface area (Å²) < 4.78 is 5.67. The minimum atomic E-state index is -0.156. The van der Waals surface area contributed by atoms with Crippen LogP contribution in [0, 0.1) is 0 Å². The van der Waals surface area contributed by atoms with E-state index < -0.39 is 0 Å². The molecule has 23 heavy (non-hydrogen) atoms. The fraction of sp³-hybridized carbons (Fsp3) is 0.412. The Morgan fingerprint density at radius 2 is 2.17 bits per heavy atom. The smallest absolute Gasteiger partial charge is 0.315 e. The topological polar surface area (TPSA) is 67.2 Å². The minimum Gasteiger partial charge on any atom is -0.439 e. The average molecular weight is 331 g/mol. The fourth-order valence-electron chi connectivity index (χ4n) is 2.81. The molecule has 6 heteroatoms. The average Bonchev–Trinajstić information content (AvgIpc) is 3.23. The Balaban J connectivity index is 1.47. The molecule has 2 amide bonds. The first-order valence-corrected chi connectivity index (χ1v) is 9.10. The van der Waals surface area contributed by atoms with Gasteiger partial charge in [-0.3, -0.25) is 0 Å². The highest BCUT2D eigenvalue weighted by Gasteiger charge is 2.25. The number of hydrogen-bond donors (Lipinski definition) is 2. The van der Waals surface area contributed by atoms with Crippen molar-refractivity contribution in [3.8, 4) is 11.3 Å². The Labute approximate surface area is 140 Å². The maximum Gasteiger partial charge on any atom is 0.315 e. The zero-order valence-electron chi connectivity index (χ0n) is 13.1. The van der Waals surface area contributed by atoms with Crippen LogP contribution in [0.25, 0.3) is 11.3 Å². The first-order valence-electron chi connectivity index (χ1n) is 7.82. The standard InChI is InChI=1S/C17H21N3O2S/c1-23-14-8-7-13(9-14)20-17(21)19-11-16-18-10-15(22-16)12-5-3-2-4-6-12/h2-6,10,13-14H,7-9,11H2,1H3,(H2,19,20,21)/t13-,14-/m1/s1. The molecule has 5 nitrogen and oxygen atoms in total. The van der Waals surface area contributed by atoms with Crippen molar-refractivity contribution in [2.24, 2.45) is 0 Å². The molecule has 1 heterocycles. The number of rotatable bonds is 5. The van der Waals surface area contributed by atoms with Crippen LogP contribution in [0.2, 0.25) is 0 Å². The maximum atomic E-state index is 11.9. The normalized spacial score (nSPS) is 20.4. The molecule has 2 N–H and O–H groups in total. The van der Waals surface area contributed by atoms with Crippen LogP contribution in [0.15, 0.2) is 40.9 Å². The number of oxazole rings is 1. The number of benzene rings is 1. The zero-order chi connectivity index (χ0) is 16.1. The minimum absolute atomic E-state index is 0.156. The molecule has 0 unspecified atom stereocenters. The number of nitrogens with zero attached hydrogens (tertiary/aromatic N) is 1. The lowest BCUT2D eigenvalue weighted by Gasteiger charge is -2.13. The van der Waals surface area contributed by atoms with Gasteiger partial charge in [-0.2, -0.15) is 11.8 Å². The molecule has 2 atom stereocenters. The molecule has 1 aliphatic rings. The second-order valence-electron chi connectivity index (χ2n) is 5.68. The third-order valence-corrected chi connectivity index (χ3v) is 5.16. The lowest BCUT2D eigenvalue weighted by Crippen LogP contribution is -2.40. The quantitative estimate of drug-likeness (QED) is 0.881. The molecule has 0 saturated heterocycles. The number of amides is 2. The van der Waals surface area contributed by atoms with E-state index in [0.717, 1.165) is 18.4 Å². The van der Waals surface area contributed by atoms with Gasteiger partial charge in [0.1, 0.15) is 0 Å². The molecule has 1 fully saturated rings. The van der Waals surface area contributed by atoms with E-state index in [1.165, 1.54) is 6.42 Å². The van der Waals surface area contributed by atoms with Crippen LogP contribution in [0.5, 0.6) is 0 Å². The predicted molar refractivity (Wildman–Crippen MR) is 92.3 cm³/mol. The van der Waals surface area contributed by atoms with Gasteiger partial charge in [0.15, 0.2) is 5.76 Å². The molecule has 2 aromatic rings. The summed E-state index contributed by atoms with van der Waals surface area (Å²) in [6, 6.07) is 9.91. The van der Waals surface area contributed by atoms with Gasteiger partial charge in [0, 0.05) is 16.9 Å². The van der Waals surface area contributed by atoms with Crippen LogP contribution in [-0.4, -0.2) is 28.6 Å². The molecule has 1 aliphatic carbocycles. The lowest BCUT2D eigenvalue weighted by molar-refractivity contribution is 0.235. The summed E-state index contributed by atoms with van der Waals surface area (Å²) in [6.45, 7) is 0.289. The van der Waals surface area contributed by atoms with Crippen molar-refractivity contribution in [2.75, 3.05) is 6.26 Å². The van der Waals surface area contributed by atoms with E-state index in [2.05, 4.69) is 21.9 Å². The number of urea groups is 1. The van der Waals surface area contributed by atoms with Crippen LogP contribution in [0.3, 0.4) is 0 Å². The van der Waals surface area contributed by atoms with Crippen LogP contribution in [0.1, 0.15) is 25.2 Å². The predicted octanol–water partition coefficient (Wildman–Crippen LogP) is 3.42. The van der Waals surface area contributed by atoms with E-state index >= 15 is 0 Å². The van der Waals surface area contributed by atoms with Gasteiger partial charge in [-0.25, -0.2) is 9.78 Å². The Bertz CT molecular complexity index is 644. The number of hydrogen-bond acceptors (Lipinski definition) is 4. The summed E-state index contributed by atoms with van der Waals surface area (Å²) in [4.78, 5) is 16.2. The van der Waals surface area contributed by atoms with Crippen molar-refractivity contribution >= 4 is 17.8 Å². The van der Waals surface area contributed by atoms with Gasteiger partial charge in [-0.05, 0) is 25.5 Å². The molecule has 0 spiro atoms. The van der Waals surface area contributed by atoms with Crippen molar-refractivity contribution in [1.82, 2.24) is 15.6 Å². The number of aromatic nitrogens is 1. The molecule has 1 aromatic heterocycles. The van der Waals surface area contributed by atoms with Gasteiger partial charge in [-0.15, -0.1) is 0 Å². The Hall–Kier alpha value is -1.95. The molecule has 0 radical (unpaired) electrons. The molecule has 122 valence electrons. The molecule has 1 saturated carbocycles. The molecular formula is C17H21N3O2S. The highest BCUT2D eigenvalue weighted by atomic mass is 32.2. The van der Waals surface area contributed by atoms with Gasteiger partial charge >= 0.3 is 6.03 Å². The lowest BCUT2D eigenvalue weighted by atomic mass is 10.2. The van der Waals surface area contributed by atoms with Gasteiger partial charge in [0.2, 0.25) is 5.89 Å². The number of nitrogens with one attached hydrogen (secondary N) is 2. The SMILES string of the molecule is CS[C@@H]1CC[C@@H](NC(=O)NCc2ncc(-c3ccccc3)o2)C1. The Morgan fingerprint density at radius 3 is 2.91 bits per heavy atom. The van der Waals surface area contributed by atoms with Crippen molar-refractivity contribution in [2.45, 2.75) is 37.1 Å².